The van der Waals surface area contributed by atoms with Gasteiger partial charge in [-0.2, -0.15) is 15.8 Å². The number of methoxy groups -OCH3 is 1. The maximum Gasteiger partial charge on any atom is 0.364 e. The molecule has 1 atom stereocenters. The van der Waals surface area contributed by atoms with Crippen LogP contribution in [0, 0.1) is 44.1 Å². The number of nitriles is 3. The highest BCUT2D eigenvalue weighted by molar-refractivity contribution is 6.16. The van der Waals surface area contributed by atoms with Gasteiger partial charge in [-0.3, -0.25) is 14.9 Å². The van der Waals surface area contributed by atoms with E-state index >= 15 is 0 Å². The summed E-state index contributed by atoms with van der Waals surface area (Å²) in [4.78, 5) is 35.3. The molecule has 28 heavy (non-hydrogen) atoms. The number of allylic oxidation sites excluding steroid dienone is 2. The van der Waals surface area contributed by atoms with Crippen LogP contribution >= 0.6 is 0 Å². The van der Waals surface area contributed by atoms with Crippen molar-refractivity contribution in [3.05, 3.63) is 62.4 Å². The van der Waals surface area contributed by atoms with Gasteiger partial charge in [0.15, 0.2) is 11.4 Å². The summed E-state index contributed by atoms with van der Waals surface area (Å²) in [6, 6.07) is 8.91. The molecule has 0 saturated heterocycles. The van der Waals surface area contributed by atoms with Crippen molar-refractivity contribution in [3.8, 4) is 18.2 Å². The molecular formula is C17H9N5O6. The van der Waals surface area contributed by atoms with Gasteiger partial charge in [0, 0.05) is 17.7 Å². The van der Waals surface area contributed by atoms with Crippen molar-refractivity contribution in [3.63, 3.8) is 0 Å². The third kappa shape index (κ3) is 3.03. The zero-order valence-corrected chi connectivity index (χ0v) is 14.1. The van der Waals surface area contributed by atoms with Gasteiger partial charge in [0.05, 0.1) is 28.9 Å². The minimum atomic E-state index is -2.88. The smallest absolute Gasteiger partial charge is 0.364 e. The molecule has 1 aromatic rings. The lowest BCUT2D eigenvalue weighted by atomic mass is 9.92. The highest BCUT2D eigenvalue weighted by Gasteiger charge is 2.53. The molecule has 11 nitrogen and oxygen atoms in total. The van der Waals surface area contributed by atoms with Crippen molar-refractivity contribution in [2.75, 3.05) is 7.11 Å². The second kappa shape index (κ2) is 7.38. The molecule has 1 aromatic carbocycles. The van der Waals surface area contributed by atoms with E-state index in [1.165, 1.54) is 24.3 Å². The summed E-state index contributed by atoms with van der Waals surface area (Å²) in [6.07, 6.45) is 0. The van der Waals surface area contributed by atoms with Crippen LogP contribution in [-0.2, 0) is 9.53 Å². The molecule has 2 N–H and O–H groups in total. The van der Waals surface area contributed by atoms with Crippen LogP contribution in [0.5, 0.6) is 0 Å². The quantitative estimate of drug-likeness (QED) is 0.243. The van der Waals surface area contributed by atoms with E-state index in [4.69, 9.17) is 10.5 Å². The van der Waals surface area contributed by atoms with Crippen LogP contribution in [0.25, 0.3) is 0 Å². The van der Waals surface area contributed by atoms with Crippen LogP contribution in [0.1, 0.15) is 10.4 Å². The number of carbonyl (C=O) groups is 2. The Morgan fingerprint density at radius 2 is 1.93 bits per heavy atom. The van der Waals surface area contributed by atoms with Gasteiger partial charge < -0.3 is 15.2 Å². The van der Waals surface area contributed by atoms with E-state index in [9.17, 15) is 30.1 Å². The number of nitro groups is 1. The van der Waals surface area contributed by atoms with E-state index in [1.54, 1.807) is 6.07 Å². The van der Waals surface area contributed by atoms with Crippen molar-refractivity contribution in [1.82, 2.24) is 5.32 Å². The first kappa shape index (κ1) is 19.8. The number of ether oxygens (including phenoxy) is 1. The zero-order chi connectivity index (χ0) is 21.1. The lowest BCUT2D eigenvalue weighted by Gasteiger charge is -2.23. The van der Waals surface area contributed by atoms with Crippen molar-refractivity contribution in [2.24, 2.45) is 0 Å². The summed E-state index contributed by atoms with van der Waals surface area (Å²) in [5.74, 6) is -2.50. The molecule has 1 heterocycles. The minimum absolute atomic E-state index is 0.308. The minimum Gasteiger partial charge on any atom is -0.465 e. The number of aliphatic hydroxyl groups is 1. The second-order valence-electron chi connectivity index (χ2n) is 5.30. The Kier molecular flexibility index (Phi) is 5.21. The Morgan fingerprint density at radius 1 is 1.29 bits per heavy atom. The predicted molar refractivity (Wildman–Crippen MR) is 88.4 cm³/mol. The number of nitrogens with one attached hydrogen (secondary N) is 1. The van der Waals surface area contributed by atoms with Crippen LogP contribution in [-0.4, -0.2) is 34.6 Å². The first-order valence-electron chi connectivity index (χ1n) is 7.33. The van der Waals surface area contributed by atoms with Crippen LogP contribution in [0.3, 0.4) is 0 Å². The van der Waals surface area contributed by atoms with Crippen LogP contribution in [0.2, 0.25) is 0 Å². The number of non-ortho nitro benzene ring substituents is 1. The largest absolute Gasteiger partial charge is 0.465 e. The SMILES string of the molecule is COC(=O)C1(O)NC(=C(C#N)C#N)C(C#N)=C1C(=O)c1cccc([N+](=O)[O-])c1. The Balaban J connectivity index is 2.82. The molecule has 11 heteroatoms. The number of carbonyl (C=O) groups excluding carboxylic acids is 2. The highest BCUT2D eigenvalue weighted by atomic mass is 16.6. The number of Topliss-reactive ketones (excluding diaryl/α,β-unsaturated/α-hetero) is 1. The molecule has 1 aliphatic heterocycles. The number of hydrogen-bond donors (Lipinski definition) is 2. The Hall–Kier alpha value is -4.53. The van der Waals surface area contributed by atoms with E-state index in [0.717, 1.165) is 19.2 Å². The average molecular weight is 379 g/mol. The van der Waals surface area contributed by atoms with E-state index in [1.807, 2.05) is 0 Å². The third-order valence-corrected chi connectivity index (χ3v) is 3.78. The van der Waals surface area contributed by atoms with E-state index < -0.39 is 50.5 Å². The average Bonchev–Trinajstić information content (AvgIpc) is 3.01. The van der Waals surface area contributed by atoms with Gasteiger partial charge in [0.1, 0.15) is 18.2 Å². The molecular weight excluding hydrogens is 370 g/mol. The van der Waals surface area contributed by atoms with E-state index in [-0.39, 0.29) is 5.56 Å². The summed E-state index contributed by atoms with van der Waals surface area (Å²) in [5.41, 5.74) is -6.28. The predicted octanol–water partition coefficient (Wildman–Crippen LogP) is 0.364. The van der Waals surface area contributed by atoms with Crippen LogP contribution < -0.4 is 5.32 Å². The molecule has 0 saturated carbocycles. The molecule has 138 valence electrons. The maximum absolute atomic E-state index is 12.9. The number of benzene rings is 1. The number of nitrogens with zero attached hydrogens (tertiary/aromatic N) is 4. The highest BCUT2D eigenvalue weighted by Crippen LogP contribution is 2.35. The van der Waals surface area contributed by atoms with Crippen molar-refractivity contribution >= 4 is 17.4 Å². The fraction of sp³-hybridized carbons (Fsp3) is 0.118. The normalized spacial score (nSPS) is 17.6. The van der Waals surface area contributed by atoms with E-state index in [2.05, 4.69) is 10.1 Å². The Morgan fingerprint density at radius 3 is 2.43 bits per heavy atom. The van der Waals surface area contributed by atoms with Crippen molar-refractivity contribution in [2.45, 2.75) is 5.72 Å². The molecule has 2 rings (SSSR count). The number of esters is 1. The lowest BCUT2D eigenvalue weighted by Crippen LogP contribution is -2.52. The Bertz CT molecular complexity index is 1080. The molecule has 0 bridgehead atoms. The van der Waals surface area contributed by atoms with E-state index in [0.29, 0.717) is 0 Å². The van der Waals surface area contributed by atoms with Crippen LogP contribution in [0.15, 0.2) is 46.7 Å². The first-order chi connectivity index (χ1) is 13.2. The molecule has 0 aliphatic carbocycles. The number of ketones is 1. The summed E-state index contributed by atoms with van der Waals surface area (Å²) in [7, 11) is 0.903. The fourth-order valence-electron chi connectivity index (χ4n) is 2.53. The molecule has 0 aromatic heterocycles. The van der Waals surface area contributed by atoms with Crippen molar-refractivity contribution < 1.29 is 24.4 Å². The fourth-order valence-corrected chi connectivity index (χ4v) is 2.53. The molecule has 0 radical (unpaired) electrons. The van der Waals surface area contributed by atoms with Gasteiger partial charge in [0.2, 0.25) is 0 Å². The molecule has 1 aliphatic rings. The van der Waals surface area contributed by atoms with Gasteiger partial charge in [-0.15, -0.1) is 0 Å². The standard InChI is InChI=1S/C17H9N5O6/c1-28-16(24)17(25)13(12(8-20)14(21-17)10(6-18)7-19)15(23)9-3-2-4-11(5-9)22(26)27/h2-5,21,25H,1H3. The number of rotatable bonds is 4. The van der Waals surface area contributed by atoms with Gasteiger partial charge in [-0.1, -0.05) is 12.1 Å². The summed E-state index contributed by atoms with van der Waals surface area (Å²) in [6.45, 7) is 0. The van der Waals surface area contributed by atoms with Gasteiger partial charge in [0.25, 0.3) is 11.4 Å². The monoisotopic (exact) mass is 379 g/mol. The van der Waals surface area contributed by atoms with Crippen molar-refractivity contribution in [1.29, 1.82) is 15.8 Å². The molecule has 0 amide bonds. The lowest BCUT2D eigenvalue weighted by molar-refractivity contribution is -0.384. The molecule has 1 unspecified atom stereocenters. The number of hydrogen-bond acceptors (Lipinski definition) is 10. The van der Waals surface area contributed by atoms with Gasteiger partial charge >= 0.3 is 5.97 Å². The van der Waals surface area contributed by atoms with Gasteiger partial charge in [-0.05, 0) is 0 Å². The number of nitro benzene ring substituents is 1. The molecule has 0 fully saturated rings. The maximum atomic E-state index is 12.9. The summed E-state index contributed by atoms with van der Waals surface area (Å²) < 4.78 is 4.46. The summed E-state index contributed by atoms with van der Waals surface area (Å²) >= 11 is 0. The topological polar surface area (TPSA) is 190 Å². The molecule has 0 spiro atoms. The van der Waals surface area contributed by atoms with Gasteiger partial charge in [-0.25, -0.2) is 4.79 Å². The van der Waals surface area contributed by atoms with Crippen LogP contribution in [0.4, 0.5) is 5.69 Å². The third-order valence-electron chi connectivity index (χ3n) is 3.78. The zero-order valence-electron chi connectivity index (χ0n) is 14.1. The summed E-state index contributed by atoms with van der Waals surface area (Å²) in [5, 5.41) is 51.3. The Labute approximate surface area is 157 Å². The second-order valence-corrected chi connectivity index (χ2v) is 5.30. The first-order valence-corrected chi connectivity index (χ1v) is 7.33.